The highest BCUT2D eigenvalue weighted by Crippen LogP contribution is 2.22. The SMILES string of the molecule is CNc1ccc(Cl)cc1C(=O)NC(C)C(C)(C)C. The molecule has 1 atom stereocenters. The van der Waals surface area contributed by atoms with E-state index in [-0.39, 0.29) is 17.4 Å². The van der Waals surface area contributed by atoms with Crippen LogP contribution in [0.3, 0.4) is 0 Å². The Labute approximate surface area is 114 Å². The molecule has 1 aromatic carbocycles. The van der Waals surface area contributed by atoms with Gasteiger partial charge in [0.2, 0.25) is 0 Å². The van der Waals surface area contributed by atoms with E-state index in [0.29, 0.717) is 10.6 Å². The summed E-state index contributed by atoms with van der Waals surface area (Å²) < 4.78 is 0. The average Bonchev–Trinajstić information content (AvgIpc) is 2.27. The van der Waals surface area contributed by atoms with Crippen LogP contribution in [0.4, 0.5) is 5.69 Å². The lowest BCUT2D eigenvalue weighted by Crippen LogP contribution is -2.41. The number of amides is 1. The van der Waals surface area contributed by atoms with E-state index in [1.54, 1.807) is 25.2 Å². The van der Waals surface area contributed by atoms with Gasteiger partial charge in [0.05, 0.1) is 5.56 Å². The van der Waals surface area contributed by atoms with Gasteiger partial charge in [-0.1, -0.05) is 32.4 Å². The summed E-state index contributed by atoms with van der Waals surface area (Å²) in [6, 6.07) is 5.32. The Morgan fingerprint density at radius 1 is 1.33 bits per heavy atom. The molecule has 0 fully saturated rings. The van der Waals surface area contributed by atoms with Gasteiger partial charge < -0.3 is 10.6 Å². The van der Waals surface area contributed by atoms with E-state index in [4.69, 9.17) is 11.6 Å². The van der Waals surface area contributed by atoms with E-state index < -0.39 is 0 Å². The predicted molar refractivity (Wildman–Crippen MR) is 77.4 cm³/mol. The quantitative estimate of drug-likeness (QED) is 0.880. The van der Waals surface area contributed by atoms with E-state index in [2.05, 4.69) is 31.4 Å². The van der Waals surface area contributed by atoms with Gasteiger partial charge in [-0.2, -0.15) is 0 Å². The minimum absolute atomic E-state index is 0.0219. The second-order valence-corrected chi connectivity index (χ2v) is 5.94. The minimum atomic E-state index is -0.107. The van der Waals surface area contributed by atoms with Gasteiger partial charge in [0.15, 0.2) is 0 Å². The summed E-state index contributed by atoms with van der Waals surface area (Å²) in [5, 5.41) is 6.55. The Hall–Kier alpha value is -1.22. The summed E-state index contributed by atoms with van der Waals surface area (Å²) in [6.07, 6.45) is 0. The summed E-state index contributed by atoms with van der Waals surface area (Å²) in [4.78, 5) is 12.2. The molecule has 0 saturated carbocycles. The van der Waals surface area contributed by atoms with Crippen LogP contribution in [0.2, 0.25) is 5.02 Å². The molecule has 4 heteroatoms. The van der Waals surface area contributed by atoms with Crippen LogP contribution in [0.5, 0.6) is 0 Å². The molecule has 1 unspecified atom stereocenters. The van der Waals surface area contributed by atoms with Gasteiger partial charge in [-0.3, -0.25) is 4.79 Å². The van der Waals surface area contributed by atoms with Crippen molar-refractivity contribution in [2.24, 2.45) is 5.41 Å². The second kappa shape index (κ2) is 5.61. The molecule has 0 saturated heterocycles. The molecule has 0 aliphatic rings. The van der Waals surface area contributed by atoms with Crippen molar-refractivity contribution in [2.75, 3.05) is 12.4 Å². The number of carbonyl (C=O) groups is 1. The number of benzene rings is 1. The van der Waals surface area contributed by atoms with Gasteiger partial charge in [0, 0.05) is 23.8 Å². The molecule has 0 aliphatic carbocycles. The first-order chi connectivity index (χ1) is 8.25. The molecule has 0 spiro atoms. The van der Waals surface area contributed by atoms with Crippen LogP contribution in [-0.4, -0.2) is 19.0 Å². The van der Waals surface area contributed by atoms with E-state index in [1.165, 1.54) is 0 Å². The number of nitrogens with one attached hydrogen (secondary N) is 2. The molecular weight excluding hydrogens is 248 g/mol. The number of hydrogen-bond donors (Lipinski definition) is 2. The first-order valence-electron chi connectivity index (χ1n) is 6.04. The van der Waals surface area contributed by atoms with E-state index in [0.717, 1.165) is 5.69 Å². The molecule has 0 radical (unpaired) electrons. The Morgan fingerprint density at radius 3 is 2.44 bits per heavy atom. The lowest BCUT2D eigenvalue weighted by molar-refractivity contribution is 0.0911. The smallest absolute Gasteiger partial charge is 0.253 e. The molecule has 3 nitrogen and oxygen atoms in total. The van der Waals surface area contributed by atoms with E-state index in [1.807, 2.05) is 6.92 Å². The van der Waals surface area contributed by atoms with Crippen molar-refractivity contribution in [1.82, 2.24) is 5.32 Å². The van der Waals surface area contributed by atoms with Gasteiger partial charge in [-0.15, -0.1) is 0 Å². The number of rotatable bonds is 3. The second-order valence-electron chi connectivity index (χ2n) is 5.50. The highest BCUT2D eigenvalue weighted by atomic mass is 35.5. The van der Waals surface area contributed by atoms with Crippen LogP contribution in [-0.2, 0) is 0 Å². The van der Waals surface area contributed by atoms with Crippen LogP contribution in [0, 0.1) is 5.41 Å². The lowest BCUT2D eigenvalue weighted by Gasteiger charge is -2.28. The average molecular weight is 269 g/mol. The molecule has 0 aliphatic heterocycles. The summed E-state index contributed by atoms with van der Waals surface area (Å²) in [5.74, 6) is -0.107. The fraction of sp³-hybridized carbons (Fsp3) is 0.500. The van der Waals surface area contributed by atoms with Gasteiger partial charge in [0.1, 0.15) is 0 Å². The van der Waals surface area contributed by atoms with Crippen LogP contribution in [0.15, 0.2) is 18.2 Å². The highest BCUT2D eigenvalue weighted by Gasteiger charge is 2.23. The summed E-state index contributed by atoms with van der Waals surface area (Å²) in [7, 11) is 1.78. The Balaban J connectivity index is 2.94. The number of carbonyl (C=O) groups excluding carboxylic acids is 1. The van der Waals surface area contributed by atoms with Gasteiger partial charge in [-0.25, -0.2) is 0 Å². The molecule has 1 amide bonds. The number of halogens is 1. The van der Waals surface area contributed by atoms with Gasteiger partial charge >= 0.3 is 0 Å². The van der Waals surface area contributed by atoms with E-state index in [9.17, 15) is 4.79 Å². The molecule has 0 bridgehead atoms. The third kappa shape index (κ3) is 3.64. The molecular formula is C14H21ClN2O. The molecule has 18 heavy (non-hydrogen) atoms. The fourth-order valence-electron chi connectivity index (χ4n) is 1.41. The van der Waals surface area contributed by atoms with Crippen molar-refractivity contribution >= 4 is 23.2 Å². The Morgan fingerprint density at radius 2 is 1.94 bits per heavy atom. The molecule has 0 aromatic heterocycles. The maximum atomic E-state index is 12.2. The fourth-order valence-corrected chi connectivity index (χ4v) is 1.59. The van der Waals surface area contributed by atoms with E-state index >= 15 is 0 Å². The zero-order chi connectivity index (χ0) is 13.9. The largest absolute Gasteiger partial charge is 0.387 e. The van der Waals surface area contributed by atoms with Gasteiger partial charge in [0.25, 0.3) is 5.91 Å². The first kappa shape index (κ1) is 14.8. The lowest BCUT2D eigenvalue weighted by atomic mass is 9.88. The van der Waals surface area contributed by atoms with Crippen LogP contribution in [0.25, 0.3) is 0 Å². The number of hydrogen-bond acceptors (Lipinski definition) is 2. The zero-order valence-electron chi connectivity index (χ0n) is 11.6. The summed E-state index contributed by atoms with van der Waals surface area (Å²) in [6.45, 7) is 8.28. The molecule has 0 heterocycles. The molecule has 1 rings (SSSR count). The van der Waals surface area contributed by atoms with Crippen molar-refractivity contribution in [3.63, 3.8) is 0 Å². The maximum absolute atomic E-state index is 12.2. The summed E-state index contributed by atoms with van der Waals surface area (Å²) >= 11 is 5.94. The molecule has 2 N–H and O–H groups in total. The predicted octanol–water partition coefficient (Wildman–Crippen LogP) is 3.55. The third-order valence-corrected chi connectivity index (χ3v) is 3.38. The normalized spacial score (nSPS) is 13.0. The highest BCUT2D eigenvalue weighted by molar-refractivity contribution is 6.31. The zero-order valence-corrected chi connectivity index (χ0v) is 12.4. The van der Waals surface area contributed by atoms with Crippen molar-refractivity contribution in [2.45, 2.75) is 33.7 Å². The standard InChI is InChI=1S/C14H21ClN2O/c1-9(14(2,3)4)17-13(18)11-8-10(15)6-7-12(11)16-5/h6-9,16H,1-5H3,(H,17,18). The summed E-state index contributed by atoms with van der Waals surface area (Å²) in [5.41, 5.74) is 1.37. The molecule has 1 aromatic rings. The van der Waals surface area contributed by atoms with Crippen molar-refractivity contribution in [3.05, 3.63) is 28.8 Å². The minimum Gasteiger partial charge on any atom is -0.387 e. The van der Waals surface area contributed by atoms with Crippen LogP contribution in [0.1, 0.15) is 38.1 Å². The first-order valence-corrected chi connectivity index (χ1v) is 6.41. The Bertz CT molecular complexity index is 438. The topological polar surface area (TPSA) is 41.1 Å². The van der Waals surface area contributed by atoms with Crippen molar-refractivity contribution in [1.29, 1.82) is 0 Å². The number of anilines is 1. The Kier molecular flexibility index (Phi) is 4.63. The monoisotopic (exact) mass is 268 g/mol. The molecule has 100 valence electrons. The van der Waals surface area contributed by atoms with Crippen molar-refractivity contribution in [3.8, 4) is 0 Å². The van der Waals surface area contributed by atoms with Crippen LogP contribution >= 0.6 is 11.6 Å². The van der Waals surface area contributed by atoms with Gasteiger partial charge in [-0.05, 0) is 30.5 Å². The van der Waals surface area contributed by atoms with Crippen molar-refractivity contribution < 1.29 is 4.79 Å². The maximum Gasteiger partial charge on any atom is 0.253 e. The van der Waals surface area contributed by atoms with Crippen LogP contribution < -0.4 is 10.6 Å². The third-order valence-electron chi connectivity index (χ3n) is 3.14.